The standard InChI is InChI=1S/C16H34O6P2/c1-5-8-12-19-23(17)15-11-16(4,22-23)24(18,20-13-9-6-2)21-14-10-7-3/h5-15H2,1-4H3. The lowest BCUT2D eigenvalue weighted by molar-refractivity contribution is 0.0943. The maximum atomic E-state index is 13.4. The van der Waals surface area contributed by atoms with Crippen molar-refractivity contribution < 1.29 is 27.2 Å². The van der Waals surface area contributed by atoms with Gasteiger partial charge in [-0.15, -0.1) is 0 Å². The first-order chi connectivity index (χ1) is 11.3. The van der Waals surface area contributed by atoms with Gasteiger partial charge < -0.3 is 13.6 Å². The molecule has 0 aliphatic carbocycles. The molecule has 1 aliphatic heterocycles. The Morgan fingerprint density at radius 2 is 1.50 bits per heavy atom. The molecule has 0 aromatic heterocycles. The largest absolute Gasteiger partial charge is 0.362 e. The second-order valence-corrected chi connectivity index (χ2v) is 11.0. The van der Waals surface area contributed by atoms with Crippen molar-refractivity contribution >= 4 is 15.2 Å². The Hall–Kier alpha value is 0.300. The molecule has 1 rings (SSSR count). The van der Waals surface area contributed by atoms with E-state index in [4.69, 9.17) is 18.1 Å². The summed E-state index contributed by atoms with van der Waals surface area (Å²) in [5.74, 6) is 0. The fourth-order valence-electron chi connectivity index (χ4n) is 2.33. The number of hydrogen-bond acceptors (Lipinski definition) is 6. The highest BCUT2D eigenvalue weighted by Crippen LogP contribution is 2.72. The minimum Gasteiger partial charge on any atom is -0.309 e. The zero-order chi connectivity index (χ0) is 18.1. The average molecular weight is 384 g/mol. The summed E-state index contributed by atoms with van der Waals surface area (Å²) in [7, 11) is -6.76. The van der Waals surface area contributed by atoms with E-state index in [9.17, 15) is 9.13 Å². The van der Waals surface area contributed by atoms with Crippen molar-refractivity contribution in [3.05, 3.63) is 0 Å². The molecule has 6 nitrogen and oxygen atoms in total. The molecule has 8 heteroatoms. The monoisotopic (exact) mass is 384 g/mol. The second kappa shape index (κ2) is 10.4. The van der Waals surface area contributed by atoms with Crippen LogP contribution in [-0.4, -0.2) is 31.3 Å². The topological polar surface area (TPSA) is 71.1 Å². The fourth-order valence-corrected chi connectivity index (χ4v) is 7.10. The van der Waals surface area contributed by atoms with E-state index in [1.807, 2.05) is 20.8 Å². The van der Waals surface area contributed by atoms with Gasteiger partial charge in [-0.1, -0.05) is 40.0 Å². The zero-order valence-corrected chi connectivity index (χ0v) is 17.4. The van der Waals surface area contributed by atoms with Gasteiger partial charge in [-0.2, -0.15) is 0 Å². The van der Waals surface area contributed by atoms with E-state index in [1.165, 1.54) is 0 Å². The van der Waals surface area contributed by atoms with Crippen LogP contribution >= 0.6 is 15.2 Å². The summed E-state index contributed by atoms with van der Waals surface area (Å²) >= 11 is 0. The van der Waals surface area contributed by atoms with E-state index >= 15 is 0 Å². The summed E-state index contributed by atoms with van der Waals surface area (Å²) in [5, 5.41) is -1.20. The van der Waals surface area contributed by atoms with Crippen molar-refractivity contribution in [3.63, 3.8) is 0 Å². The third kappa shape index (κ3) is 6.23. The minimum atomic E-state index is -3.53. The van der Waals surface area contributed by atoms with Crippen LogP contribution in [0.2, 0.25) is 0 Å². The molecule has 1 aliphatic rings. The van der Waals surface area contributed by atoms with Gasteiger partial charge in [-0.05, 0) is 32.6 Å². The van der Waals surface area contributed by atoms with Crippen LogP contribution in [0.3, 0.4) is 0 Å². The highest BCUT2D eigenvalue weighted by atomic mass is 31.2. The first-order valence-corrected chi connectivity index (χ1v) is 12.5. The first-order valence-electron chi connectivity index (χ1n) is 9.18. The van der Waals surface area contributed by atoms with Gasteiger partial charge in [0.25, 0.3) is 0 Å². The Balaban J connectivity index is 2.79. The predicted molar refractivity (Wildman–Crippen MR) is 96.8 cm³/mol. The third-order valence-corrected chi connectivity index (χ3v) is 8.76. The van der Waals surface area contributed by atoms with E-state index in [0.29, 0.717) is 26.2 Å². The van der Waals surface area contributed by atoms with Gasteiger partial charge in [0.15, 0.2) is 5.34 Å². The molecule has 0 aromatic rings. The summed E-state index contributed by atoms with van der Waals surface area (Å²) in [6.07, 6.45) is 5.84. The molecule has 0 aromatic carbocycles. The van der Waals surface area contributed by atoms with E-state index in [1.54, 1.807) is 6.92 Å². The second-order valence-electron chi connectivity index (χ2n) is 6.41. The molecule has 1 saturated heterocycles. The summed E-state index contributed by atoms with van der Waals surface area (Å²) in [4.78, 5) is 0. The first kappa shape index (κ1) is 22.3. The lowest BCUT2D eigenvalue weighted by Gasteiger charge is -2.32. The van der Waals surface area contributed by atoms with Crippen molar-refractivity contribution in [1.82, 2.24) is 0 Å². The van der Waals surface area contributed by atoms with Gasteiger partial charge in [0, 0.05) is 0 Å². The van der Waals surface area contributed by atoms with Crippen molar-refractivity contribution in [2.75, 3.05) is 26.0 Å². The Morgan fingerprint density at radius 1 is 1.00 bits per heavy atom. The third-order valence-electron chi connectivity index (χ3n) is 4.07. The molecule has 144 valence electrons. The summed E-state index contributed by atoms with van der Waals surface area (Å²) in [5.41, 5.74) is 0. The van der Waals surface area contributed by atoms with E-state index < -0.39 is 20.5 Å². The molecule has 24 heavy (non-hydrogen) atoms. The Kier molecular flexibility index (Phi) is 9.73. The highest BCUT2D eigenvalue weighted by molar-refractivity contribution is 7.59. The van der Waals surface area contributed by atoms with Crippen molar-refractivity contribution in [1.29, 1.82) is 0 Å². The van der Waals surface area contributed by atoms with E-state index in [0.717, 1.165) is 38.5 Å². The normalized spacial score (nSPS) is 27.7. The molecule has 0 radical (unpaired) electrons. The fraction of sp³-hybridized carbons (Fsp3) is 1.00. The Morgan fingerprint density at radius 3 is 2.00 bits per heavy atom. The molecule has 0 N–H and O–H groups in total. The average Bonchev–Trinajstić information content (AvgIpc) is 2.85. The van der Waals surface area contributed by atoms with Crippen molar-refractivity contribution in [3.8, 4) is 0 Å². The summed E-state index contributed by atoms with van der Waals surface area (Å²) in [6.45, 7) is 8.87. The highest BCUT2D eigenvalue weighted by Gasteiger charge is 2.57. The van der Waals surface area contributed by atoms with Crippen LogP contribution < -0.4 is 0 Å². The summed E-state index contributed by atoms with van der Waals surface area (Å²) in [6, 6.07) is 0. The number of hydrogen-bond donors (Lipinski definition) is 0. The molecule has 0 amide bonds. The minimum absolute atomic E-state index is 0.255. The molecule has 0 bridgehead atoms. The molecular formula is C16H34O6P2. The van der Waals surface area contributed by atoms with Crippen LogP contribution in [-0.2, 0) is 27.2 Å². The quantitative estimate of drug-likeness (QED) is 0.288. The van der Waals surface area contributed by atoms with Crippen LogP contribution in [0.1, 0.15) is 72.6 Å². The lowest BCUT2D eigenvalue weighted by atomic mass is 10.3. The SMILES string of the molecule is CCCCOP1(=O)CCC(C)(P(=O)(OCCCC)OCCCC)O1. The number of unbranched alkanes of at least 4 members (excludes halogenated alkanes) is 3. The summed E-state index contributed by atoms with van der Waals surface area (Å²) < 4.78 is 48.6. The van der Waals surface area contributed by atoms with Gasteiger partial charge in [-0.3, -0.25) is 13.7 Å². The van der Waals surface area contributed by atoms with Crippen molar-refractivity contribution in [2.24, 2.45) is 0 Å². The van der Waals surface area contributed by atoms with Gasteiger partial charge in [-0.25, -0.2) is 0 Å². The van der Waals surface area contributed by atoms with Crippen LogP contribution in [0.4, 0.5) is 0 Å². The zero-order valence-electron chi connectivity index (χ0n) is 15.6. The maximum Gasteiger partial charge on any atom is 0.362 e. The van der Waals surface area contributed by atoms with Gasteiger partial charge in [0.2, 0.25) is 0 Å². The molecule has 0 saturated carbocycles. The lowest BCUT2D eigenvalue weighted by Crippen LogP contribution is -2.26. The predicted octanol–water partition coefficient (Wildman–Crippen LogP) is 5.96. The van der Waals surface area contributed by atoms with Crippen LogP contribution in [0, 0.1) is 0 Å². The number of rotatable bonds is 13. The smallest absolute Gasteiger partial charge is 0.309 e. The molecule has 1 heterocycles. The van der Waals surface area contributed by atoms with Crippen LogP contribution in [0.15, 0.2) is 0 Å². The van der Waals surface area contributed by atoms with Gasteiger partial charge in [0.1, 0.15) is 0 Å². The van der Waals surface area contributed by atoms with Crippen LogP contribution in [0.5, 0.6) is 0 Å². The van der Waals surface area contributed by atoms with Gasteiger partial charge >= 0.3 is 15.2 Å². The molecular weight excluding hydrogens is 350 g/mol. The van der Waals surface area contributed by atoms with E-state index in [-0.39, 0.29) is 6.16 Å². The maximum absolute atomic E-state index is 13.4. The molecule has 2 atom stereocenters. The van der Waals surface area contributed by atoms with Crippen molar-refractivity contribution in [2.45, 2.75) is 78.0 Å². The van der Waals surface area contributed by atoms with Crippen LogP contribution in [0.25, 0.3) is 0 Å². The van der Waals surface area contributed by atoms with E-state index in [2.05, 4.69) is 0 Å². The Labute approximate surface area is 147 Å². The van der Waals surface area contributed by atoms with Gasteiger partial charge in [0.05, 0.1) is 26.0 Å². The molecule has 1 fully saturated rings. The molecule has 2 unspecified atom stereocenters. The molecule has 0 spiro atoms. The Bertz CT molecular complexity index is 442.